The van der Waals surface area contributed by atoms with E-state index < -0.39 is 5.54 Å². The highest BCUT2D eigenvalue weighted by Gasteiger charge is 2.20. The lowest BCUT2D eigenvalue weighted by atomic mass is 9.91. The van der Waals surface area contributed by atoms with E-state index in [-0.39, 0.29) is 0 Å². The van der Waals surface area contributed by atoms with Crippen molar-refractivity contribution in [3.8, 4) is 0 Å². The molecule has 0 heterocycles. The summed E-state index contributed by atoms with van der Waals surface area (Å²) in [6.07, 6.45) is 0. The molecule has 0 saturated heterocycles. The third kappa shape index (κ3) is 2.34. The number of hydrogen-bond acceptors (Lipinski definition) is 2. The maximum atomic E-state index is 6.14. The summed E-state index contributed by atoms with van der Waals surface area (Å²) in [4.78, 5) is 0. The molecule has 0 amide bonds. The van der Waals surface area contributed by atoms with Gasteiger partial charge in [0, 0.05) is 7.11 Å². The van der Waals surface area contributed by atoms with Crippen molar-refractivity contribution in [1.29, 1.82) is 0 Å². The molecule has 0 radical (unpaired) electrons. The van der Waals surface area contributed by atoms with Crippen LogP contribution in [-0.2, 0) is 10.3 Å². The van der Waals surface area contributed by atoms with Gasteiger partial charge in [-0.05, 0) is 37.5 Å². The molecule has 1 atom stereocenters. The first kappa shape index (κ1) is 11.2. The quantitative estimate of drug-likeness (QED) is 0.798. The first-order valence-corrected chi connectivity index (χ1v) is 4.83. The molecule has 0 spiro atoms. The van der Waals surface area contributed by atoms with Crippen molar-refractivity contribution >= 4 is 0 Å². The minimum Gasteiger partial charge on any atom is -0.382 e. The molecule has 1 aromatic carbocycles. The number of rotatable bonds is 3. The molecule has 0 fully saturated rings. The standard InChI is InChI=1S/C12H19NO/c1-9-5-6-11(7-10(9)2)12(3,13)8-14-4/h5-7H,8,13H2,1-4H3. The van der Waals surface area contributed by atoms with Gasteiger partial charge in [0.25, 0.3) is 0 Å². The van der Waals surface area contributed by atoms with Crippen LogP contribution in [0.25, 0.3) is 0 Å². The summed E-state index contributed by atoms with van der Waals surface area (Å²) in [5.74, 6) is 0. The summed E-state index contributed by atoms with van der Waals surface area (Å²) in [5, 5.41) is 0. The van der Waals surface area contributed by atoms with Crippen molar-refractivity contribution in [3.05, 3.63) is 34.9 Å². The van der Waals surface area contributed by atoms with Gasteiger partial charge in [-0.2, -0.15) is 0 Å². The van der Waals surface area contributed by atoms with Crippen LogP contribution in [0.2, 0.25) is 0 Å². The van der Waals surface area contributed by atoms with Crippen molar-refractivity contribution in [3.63, 3.8) is 0 Å². The summed E-state index contributed by atoms with van der Waals surface area (Å²) in [5.41, 5.74) is 9.44. The predicted octanol–water partition coefficient (Wildman–Crippen LogP) is 2.12. The molecule has 0 saturated carbocycles. The van der Waals surface area contributed by atoms with Crippen LogP contribution in [-0.4, -0.2) is 13.7 Å². The van der Waals surface area contributed by atoms with Gasteiger partial charge in [-0.3, -0.25) is 0 Å². The van der Waals surface area contributed by atoms with Gasteiger partial charge >= 0.3 is 0 Å². The van der Waals surface area contributed by atoms with Gasteiger partial charge in [-0.25, -0.2) is 0 Å². The topological polar surface area (TPSA) is 35.2 Å². The van der Waals surface area contributed by atoms with Gasteiger partial charge in [0.05, 0.1) is 12.1 Å². The zero-order valence-electron chi connectivity index (χ0n) is 9.42. The van der Waals surface area contributed by atoms with Crippen LogP contribution in [0, 0.1) is 13.8 Å². The SMILES string of the molecule is COCC(C)(N)c1ccc(C)c(C)c1. The Morgan fingerprint density at radius 1 is 1.29 bits per heavy atom. The molecule has 2 heteroatoms. The lowest BCUT2D eigenvalue weighted by Crippen LogP contribution is -2.37. The Labute approximate surface area is 86.1 Å². The molecule has 2 nitrogen and oxygen atoms in total. The normalized spacial score (nSPS) is 15.2. The largest absolute Gasteiger partial charge is 0.382 e. The van der Waals surface area contributed by atoms with Crippen LogP contribution in [0.5, 0.6) is 0 Å². The average molecular weight is 193 g/mol. The molecule has 2 N–H and O–H groups in total. The second-order valence-corrected chi connectivity index (χ2v) is 4.15. The molecule has 0 aromatic heterocycles. The predicted molar refractivity (Wildman–Crippen MR) is 59.3 cm³/mol. The Morgan fingerprint density at radius 3 is 2.43 bits per heavy atom. The van der Waals surface area contributed by atoms with Gasteiger partial charge in [0.2, 0.25) is 0 Å². The second-order valence-electron chi connectivity index (χ2n) is 4.15. The Balaban J connectivity index is 3.01. The van der Waals surface area contributed by atoms with Crippen molar-refractivity contribution < 1.29 is 4.74 Å². The highest BCUT2D eigenvalue weighted by molar-refractivity contribution is 5.33. The molecule has 0 aliphatic carbocycles. The second kappa shape index (κ2) is 4.11. The van der Waals surface area contributed by atoms with Gasteiger partial charge in [0.15, 0.2) is 0 Å². The zero-order valence-corrected chi connectivity index (χ0v) is 9.42. The van der Waals surface area contributed by atoms with Crippen LogP contribution in [0.1, 0.15) is 23.6 Å². The molecular formula is C12H19NO. The third-order valence-electron chi connectivity index (χ3n) is 2.61. The van der Waals surface area contributed by atoms with Crippen molar-refractivity contribution in [1.82, 2.24) is 0 Å². The van der Waals surface area contributed by atoms with E-state index in [4.69, 9.17) is 10.5 Å². The fourth-order valence-electron chi connectivity index (χ4n) is 1.48. The number of aryl methyl sites for hydroxylation is 2. The number of nitrogens with two attached hydrogens (primary N) is 1. The summed E-state index contributed by atoms with van der Waals surface area (Å²) in [7, 11) is 1.67. The Kier molecular flexibility index (Phi) is 3.29. The van der Waals surface area contributed by atoms with E-state index in [1.54, 1.807) is 7.11 Å². The van der Waals surface area contributed by atoms with Crippen LogP contribution < -0.4 is 5.73 Å². The molecule has 0 aliphatic rings. The van der Waals surface area contributed by atoms with Crippen LogP contribution in [0.3, 0.4) is 0 Å². The molecule has 0 bridgehead atoms. The van der Waals surface area contributed by atoms with Crippen LogP contribution in [0.15, 0.2) is 18.2 Å². The van der Waals surface area contributed by atoms with Crippen molar-refractivity contribution in [2.75, 3.05) is 13.7 Å². The van der Waals surface area contributed by atoms with E-state index in [1.807, 2.05) is 6.92 Å². The molecule has 1 aromatic rings. The average Bonchev–Trinajstić information content (AvgIpc) is 2.09. The van der Waals surface area contributed by atoms with Crippen molar-refractivity contribution in [2.24, 2.45) is 5.73 Å². The van der Waals surface area contributed by atoms with E-state index in [0.29, 0.717) is 6.61 Å². The maximum Gasteiger partial charge on any atom is 0.0681 e. The minimum atomic E-state index is -0.396. The molecular weight excluding hydrogens is 174 g/mol. The smallest absolute Gasteiger partial charge is 0.0681 e. The maximum absolute atomic E-state index is 6.14. The van der Waals surface area contributed by atoms with E-state index in [0.717, 1.165) is 5.56 Å². The zero-order chi connectivity index (χ0) is 10.8. The number of ether oxygens (including phenoxy) is 1. The van der Waals surface area contributed by atoms with Crippen LogP contribution in [0.4, 0.5) is 0 Å². The number of hydrogen-bond donors (Lipinski definition) is 1. The Hall–Kier alpha value is -0.860. The number of methoxy groups -OCH3 is 1. The van der Waals surface area contributed by atoms with Crippen molar-refractivity contribution in [2.45, 2.75) is 26.3 Å². The van der Waals surface area contributed by atoms with Crippen LogP contribution >= 0.6 is 0 Å². The first-order valence-electron chi connectivity index (χ1n) is 4.83. The molecule has 1 rings (SSSR count). The van der Waals surface area contributed by atoms with E-state index in [2.05, 4.69) is 32.0 Å². The summed E-state index contributed by atoms with van der Waals surface area (Å²) < 4.78 is 5.11. The molecule has 14 heavy (non-hydrogen) atoms. The number of benzene rings is 1. The molecule has 1 unspecified atom stereocenters. The molecule has 0 aliphatic heterocycles. The van der Waals surface area contributed by atoms with Gasteiger partial charge < -0.3 is 10.5 Å². The van der Waals surface area contributed by atoms with E-state index in [1.165, 1.54) is 11.1 Å². The van der Waals surface area contributed by atoms with Gasteiger partial charge in [0.1, 0.15) is 0 Å². The Bertz CT molecular complexity index is 318. The summed E-state index contributed by atoms with van der Waals surface area (Å²) >= 11 is 0. The summed E-state index contributed by atoms with van der Waals surface area (Å²) in [6, 6.07) is 6.31. The third-order valence-corrected chi connectivity index (χ3v) is 2.61. The molecule has 78 valence electrons. The monoisotopic (exact) mass is 193 g/mol. The van der Waals surface area contributed by atoms with Gasteiger partial charge in [-0.1, -0.05) is 18.2 Å². The lowest BCUT2D eigenvalue weighted by molar-refractivity contribution is 0.141. The lowest BCUT2D eigenvalue weighted by Gasteiger charge is -2.24. The van der Waals surface area contributed by atoms with E-state index >= 15 is 0 Å². The highest BCUT2D eigenvalue weighted by Crippen LogP contribution is 2.20. The highest BCUT2D eigenvalue weighted by atomic mass is 16.5. The summed E-state index contributed by atoms with van der Waals surface area (Å²) in [6.45, 7) is 6.72. The fourth-order valence-corrected chi connectivity index (χ4v) is 1.48. The fraction of sp³-hybridized carbons (Fsp3) is 0.500. The Morgan fingerprint density at radius 2 is 1.93 bits per heavy atom. The first-order chi connectivity index (χ1) is 6.47. The van der Waals surface area contributed by atoms with E-state index in [9.17, 15) is 0 Å². The minimum absolute atomic E-state index is 0.396. The van der Waals surface area contributed by atoms with Gasteiger partial charge in [-0.15, -0.1) is 0 Å².